The van der Waals surface area contributed by atoms with Crippen LogP contribution in [0.15, 0.2) is 71.3 Å². The lowest BCUT2D eigenvalue weighted by molar-refractivity contribution is 0.0926. The highest BCUT2D eigenvalue weighted by atomic mass is 16.5. The summed E-state index contributed by atoms with van der Waals surface area (Å²) in [5, 5.41) is 2.88. The normalized spacial score (nSPS) is 10.9. The van der Waals surface area contributed by atoms with Crippen molar-refractivity contribution in [1.29, 1.82) is 0 Å². The first kappa shape index (κ1) is 18.8. The van der Waals surface area contributed by atoms with Crippen LogP contribution in [0.3, 0.4) is 0 Å². The van der Waals surface area contributed by atoms with E-state index < -0.39 is 0 Å². The Morgan fingerprint density at radius 3 is 2.72 bits per heavy atom. The van der Waals surface area contributed by atoms with Crippen molar-refractivity contribution >= 4 is 16.9 Å². The fraction of sp³-hybridized carbons (Fsp3) is 0.217. The smallest absolute Gasteiger partial charge is 0.286 e. The Kier molecular flexibility index (Phi) is 5.61. The van der Waals surface area contributed by atoms with Crippen molar-refractivity contribution in [2.75, 3.05) is 13.2 Å². The van der Waals surface area contributed by atoms with Crippen LogP contribution in [-0.4, -0.2) is 28.6 Å². The van der Waals surface area contributed by atoms with E-state index in [0.29, 0.717) is 31.9 Å². The molecule has 4 rings (SSSR count). The number of nitrogens with zero attached hydrogens (tertiary/aromatic N) is 2. The van der Waals surface area contributed by atoms with Crippen LogP contribution < -0.4 is 10.1 Å². The van der Waals surface area contributed by atoms with Gasteiger partial charge in [0, 0.05) is 13.0 Å². The average molecular weight is 389 g/mol. The van der Waals surface area contributed by atoms with Crippen molar-refractivity contribution in [2.45, 2.75) is 19.9 Å². The van der Waals surface area contributed by atoms with E-state index in [-0.39, 0.29) is 5.91 Å². The van der Waals surface area contributed by atoms with Crippen LogP contribution in [0.2, 0.25) is 0 Å². The SMILES string of the molecule is Cc1ccc(OCCn2c(CCNC(=O)c3ccco3)nc3ccccc32)cc1. The molecule has 0 aliphatic carbocycles. The summed E-state index contributed by atoms with van der Waals surface area (Å²) < 4.78 is 13.2. The number of amides is 1. The topological polar surface area (TPSA) is 69.3 Å². The molecule has 6 heteroatoms. The van der Waals surface area contributed by atoms with Crippen LogP contribution in [-0.2, 0) is 13.0 Å². The largest absolute Gasteiger partial charge is 0.492 e. The molecular formula is C23H23N3O3. The first-order chi connectivity index (χ1) is 14.2. The van der Waals surface area contributed by atoms with E-state index in [0.717, 1.165) is 22.6 Å². The van der Waals surface area contributed by atoms with E-state index in [9.17, 15) is 4.79 Å². The highest BCUT2D eigenvalue weighted by molar-refractivity contribution is 5.91. The Morgan fingerprint density at radius 1 is 1.10 bits per heavy atom. The quantitative estimate of drug-likeness (QED) is 0.495. The third kappa shape index (κ3) is 4.48. The zero-order valence-corrected chi connectivity index (χ0v) is 16.3. The van der Waals surface area contributed by atoms with Crippen LogP contribution in [0.5, 0.6) is 5.75 Å². The molecule has 4 aromatic rings. The van der Waals surface area contributed by atoms with Gasteiger partial charge in [-0.1, -0.05) is 29.8 Å². The molecule has 0 aliphatic heterocycles. The number of furan rings is 1. The molecule has 29 heavy (non-hydrogen) atoms. The molecule has 0 radical (unpaired) electrons. The summed E-state index contributed by atoms with van der Waals surface area (Å²) in [5.74, 6) is 1.86. The Balaban J connectivity index is 1.42. The monoisotopic (exact) mass is 389 g/mol. The molecule has 0 saturated carbocycles. The lowest BCUT2D eigenvalue weighted by Gasteiger charge is -2.11. The maximum Gasteiger partial charge on any atom is 0.286 e. The molecule has 2 aromatic carbocycles. The average Bonchev–Trinajstić information content (AvgIpc) is 3.38. The van der Waals surface area contributed by atoms with Crippen molar-refractivity contribution in [3.63, 3.8) is 0 Å². The zero-order chi connectivity index (χ0) is 20.1. The van der Waals surface area contributed by atoms with Gasteiger partial charge < -0.3 is 19.0 Å². The van der Waals surface area contributed by atoms with Gasteiger partial charge in [0.1, 0.15) is 18.2 Å². The van der Waals surface area contributed by atoms with Gasteiger partial charge in [0.05, 0.1) is 23.8 Å². The Morgan fingerprint density at radius 2 is 1.93 bits per heavy atom. The minimum Gasteiger partial charge on any atom is -0.492 e. The molecule has 148 valence electrons. The van der Waals surface area contributed by atoms with Gasteiger partial charge in [0.2, 0.25) is 0 Å². The number of ether oxygens (including phenoxy) is 1. The summed E-state index contributed by atoms with van der Waals surface area (Å²) in [6.45, 7) is 3.74. The number of rotatable bonds is 8. The molecule has 1 N–H and O–H groups in total. The maximum absolute atomic E-state index is 12.1. The van der Waals surface area contributed by atoms with Crippen molar-refractivity contribution in [2.24, 2.45) is 0 Å². The first-order valence-electron chi connectivity index (χ1n) is 9.66. The molecule has 0 unspecified atom stereocenters. The Labute approximate surface area is 169 Å². The van der Waals surface area contributed by atoms with Gasteiger partial charge in [-0.05, 0) is 43.3 Å². The van der Waals surface area contributed by atoms with Crippen LogP contribution in [0.4, 0.5) is 0 Å². The van der Waals surface area contributed by atoms with Gasteiger partial charge in [-0.2, -0.15) is 0 Å². The standard InChI is InChI=1S/C23H23N3O3/c1-17-8-10-18(11-9-17)28-16-14-26-20-6-3-2-5-19(20)25-22(26)12-13-24-23(27)21-7-4-15-29-21/h2-11,15H,12-14,16H2,1H3,(H,24,27). The van der Waals surface area contributed by atoms with Crippen LogP contribution >= 0.6 is 0 Å². The first-order valence-corrected chi connectivity index (χ1v) is 9.66. The lowest BCUT2D eigenvalue weighted by atomic mass is 10.2. The highest BCUT2D eigenvalue weighted by Gasteiger charge is 2.12. The molecule has 2 aromatic heterocycles. The summed E-state index contributed by atoms with van der Waals surface area (Å²) in [7, 11) is 0. The van der Waals surface area contributed by atoms with E-state index in [1.165, 1.54) is 11.8 Å². The molecule has 6 nitrogen and oxygen atoms in total. The minimum atomic E-state index is -0.222. The van der Waals surface area contributed by atoms with E-state index in [1.54, 1.807) is 12.1 Å². The van der Waals surface area contributed by atoms with E-state index in [1.807, 2.05) is 42.5 Å². The van der Waals surface area contributed by atoms with Gasteiger partial charge in [-0.3, -0.25) is 4.79 Å². The van der Waals surface area contributed by atoms with Crippen molar-refractivity contribution < 1.29 is 13.9 Å². The number of aromatic nitrogens is 2. The summed E-state index contributed by atoms with van der Waals surface area (Å²) in [5.41, 5.74) is 3.21. The molecule has 0 atom stereocenters. The number of hydrogen-bond acceptors (Lipinski definition) is 4. The molecule has 0 aliphatic rings. The number of benzene rings is 2. The summed E-state index contributed by atoms with van der Waals surface area (Å²) in [4.78, 5) is 16.8. The highest BCUT2D eigenvalue weighted by Crippen LogP contribution is 2.17. The Bertz CT molecular complexity index is 1080. The van der Waals surface area contributed by atoms with Crippen molar-refractivity contribution in [1.82, 2.24) is 14.9 Å². The van der Waals surface area contributed by atoms with Gasteiger partial charge in [-0.15, -0.1) is 0 Å². The van der Waals surface area contributed by atoms with E-state index in [2.05, 4.69) is 22.9 Å². The molecule has 0 bridgehead atoms. The van der Waals surface area contributed by atoms with Gasteiger partial charge in [-0.25, -0.2) is 4.98 Å². The predicted octanol–water partition coefficient (Wildman–Crippen LogP) is 3.99. The maximum atomic E-state index is 12.1. The van der Waals surface area contributed by atoms with E-state index in [4.69, 9.17) is 14.1 Å². The Hall–Kier alpha value is -3.54. The fourth-order valence-corrected chi connectivity index (χ4v) is 3.24. The predicted molar refractivity (Wildman–Crippen MR) is 111 cm³/mol. The van der Waals surface area contributed by atoms with Crippen LogP contribution in [0, 0.1) is 6.92 Å². The third-order valence-corrected chi connectivity index (χ3v) is 4.72. The molecule has 1 amide bonds. The summed E-state index contributed by atoms with van der Waals surface area (Å²) in [6.07, 6.45) is 2.11. The minimum absolute atomic E-state index is 0.222. The number of imidazole rings is 1. The van der Waals surface area contributed by atoms with Crippen molar-refractivity contribution in [3.8, 4) is 5.75 Å². The molecule has 0 spiro atoms. The second kappa shape index (κ2) is 8.65. The third-order valence-electron chi connectivity index (χ3n) is 4.72. The number of aryl methyl sites for hydroxylation is 1. The molecule has 0 saturated heterocycles. The number of hydrogen-bond donors (Lipinski definition) is 1. The molecule has 0 fully saturated rings. The summed E-state index contributed by atoms with van der Waals surface area (Å²) in [6, 6.07) is 19.4. The lowest BCUT2D eigenvalue weighted by Crippen LogP contribution is -2.26. The number of fused-ring (bicyclic) bond motifs is 1. The van der Waals surface area contributed by atoms with Gasteiger partial charge in [0.15, 0.2) is 5.76 Å². The van der Waals surface area contributed by atoms with Crippen LogP contribution in [0.25, 0.3) is 11.0 Å². The molecular weight excluding hydrogens is 366 g/mol. The molecule has 2 heterocycles. The van der Waals surface area contributed by atoms with Gasteiger partial charge in [0.25, 0.3) is 5.91 Å². The number of para-hydroxylation sites is 2. The van der Waals surface area contributed by atoms with Crippen LogP contribution in [0.1, 0.15) is 21.9 Å². The second-order valence-electron chi connectivity index (χ2n) is 6.81. The number of carbonyl (C=O) groups excluding carboxylic acids is 1. The van der Waals surface area contributed by atoms with E-state index >= 15 is 0 Å². The second-order valence-corrected chi connectivity index (χ2v) is 6.81. The number of carbonyl (C=O) groups is 1. The zero-order valence-electron chi connectivity index (χ0n) is 16.3. The summed E-state index contributed by atoms with van der Waals surface area (Å²) >= 11 is 0. The fourth-order valence-electron chi connectivity index (χ4n) is 3.24. The van der Waals surface area contributed by atoms with Gasteiger partial charge >= 0.3 is 0 Å². The number of nitrogens with one attached hydrogen (secondary N) is 1. The van der Waals surface area contributed by atoms with Crippen molar-refractivity contribution in [3.05, 3.63) is 84.1 Å².